The van der Waals surface area contributed by atoms with Gasteiger partial charge in [0.15, 0.2) is 6.10 Å². The SMILES string of the molecule is C[C@@H](OCc1cccc(F)c1Br)C(=O)O. The molecule has 1 rings (SSSR count). The van der Waals surface area contributed by atoms with Gasteiger partial charge in [-0.3, -0.25) is 0 Å². The second-order valence-electron chi connectivity index (χ2n) is 3.00. The highest BCUT2D eigenvalue weighted by molar-refractivity contribution is 9.10. The molecular formula is C10H10BrFO3. The maximum atomic E-state index is 13.0. The number of ether oxygens (including phenoxy) is 1. The Morgan fingerprint density at radius 2 is 2.33 bits per heavy atom. The Morgan fingerprint density at radius 3 is 2.93 bits per heavy atom. The molecule has 0 saturated carbocycles. The molecule has 5 heteroatoms. The quantitative estimate of drug-likeness (QED) is 0.920. The van der Waals surface area contributed by atoms with Crippen LogP contribution in [0.25, 0.3) is 0 Å². The van der Waals surface area contributed by atoms with Gasteiger partial charge in [0, 0.05) is 0 Å². The van der Waals surface area contributed by atoms with Crippen molar-refractivity contribution in [1.29, 1.82) is 0 Å². The van der Waals surface area contributed by atoms with Crippen molar-refractivity contribution < 1.29 is 19.0 Å². The molecule has 1 aromatic carbocycles. The van der Waals surface area contributed by atoms with Crippen LogP contribution >= 0.6 is 15.9 Å². The molecule has 0 aromatic heterocycles. The molecule has 0 saturated heterocycles. The zero-order chi connectivity index (χ0) is 11.4. The van der Waals surface area contributed by atoms with Gasteiger partial charge in [-0.15, -0.1) is 0 Å². The van der Waals surface area contributed by atoms with Crippen LogP contribution in [-0.2, 0) is 16.1 Å². The average Bonchev–Trinajstić information content (AvgIpc) is 2.19. The first-order valence-electron chi connectivity index (χ1n) is 4.29. The average molecular weight is 277 g/mol. The van der Waals surface area contributed by atoms with Crippen molar-refractivity contribution in [3.8, 4) is 0 Å². The van der Waals surface area contributed by atoms with Gasteiger partial charge >= 0.3 is 5.97 Å². The predicted molar refractivity (Wildman–Crippen MR) is 56.0 cm³/mol. The van der Waals surface area contributed by atoms with Crippen molar-refractivity contribution in [2.75, 3.05) is 0 Å². The summed E-state index contributed by atoms with van der Waals surface area (Å²) in [5.74, 6) is -1.43. The molecule has 82 valence electrons. The van der Waals surface area contributed by atoms with E-state index in [-0.39, 0.29) is 12.4 Å². The van der Waals surface area contributed by atoms with E-state index < -0.39 is 12.1 Å². The molecule has 0 heterocycles. The molecule has 0 aliphatic rings. The van der Waals surface area contributed by atoms with Gasteiger partial charge in [0.05, 0.1) is 11.1 Å². The predicted octanol–water partition coefficient (Wildman–Crippen LogP) is 2.58. The third-order valence-electron chi connectivity index (χ3n) is 1.87. The van der Waals surface area contributed by atoms with Gasteiger partial charge < -0.3 is 9.84 Å². The molecule has 1 aromatic rings. The third kappa shape index (κ3) is 3.28. The largest absolute Gasteiger partial charge is 0.479 e. The number of benzene rings is 1. The third-order valence-corrected chi connectivity index (χ3v) is 2.76. The number of carboxylic acid groups (broad SMARTS) is 1. The lowest BCUT2D eigenvalue weighted by molar-refractivity contribution is -0.149. The summed E-state index contributed by atoms with van der Waals surface area (Å²) in [7, 11) is 0. The Morgan fingerprint density at radius 1 is 1.67 bits per heavy atom. The monoisotopic (exact) mass is 276 g/mol. The molecular weight excluding hydrogens is 267 g/mol. The van der Waals surface area contributed by atoms with Crippen LogP contribution < -0.4 is 0 Å². The lowest BCUT2D eigenvalue weighted by Gasteiger charge is -2.09. The summed E-state index contributed by atoms with van der Waals surface area (Å²) < 4.78 is 18.4. The standard InChI is InChI=1S/C10H10BrFO3/c1-6(10(13)14)15-5-7-3-2-4-8(12)9(7)11/h2-4,6H,5H2,1H3,(H,13,14)/t6-/m1/s1. The van der Waals surface area contributed by atoms with E-state index in [9.17, 15) is 9.18 Å². The summed E-state index contributed by atoms with van der Waals surface area (Å²) in [4.78, 5) is 10.5. The summed E-state index contributed by atoms with van der Waals surface area (Å²) in [6.45, 7) is 1.49. The Hall–Kier alpha value is -0.940. The highest BCUT2D eigenvalue weighted by Crippen LogP contribution is 2.21. The summed E-state index contributed by atoms with van der Waals surface area (Å²) in [6, 6.07) is 4.53. The molecule has 3 nitrogen and oxygen atoms in total. The van der Waals surface area contributed by atoms with Gasteiger partial charge in [0.1, 0.15) is 5.82 Å². The lowest BCUT2D eigenvalue weighted by Crippen LogP contribution is -2.19. The minimum Gasteiger partial charge on any atom is -0.479 e. The van der Waals surface area contributed by atoms with Crippen molar-refractivity contribution in [1.82, 2.24) is 0 Å². The van der Waals surface area contributed by atoms with E-state index in [0.29, 0.717) is 10.0 Å². The Labute approximate surface area is 95.0 Å². The number of carboxylic acids is 1. The molecule has 0 radical (unpaired) electrons. The molecule has 0 spiro atoms. The highest BCUT2D eigenvalue weighted by atomic mass is 79.9. The van der Waals surface area contributed by atoms with E-state index in [2.05, 4.69) is 15.9 Å². The van der Waals surface area contributed by atoms with E-state index >= 15 is 0 Å². The van der Waals surface area contributed by atoms with E-state index in [1.54, 1.807) is 12.1 Å². The first-order chi connectivity index (χ1) is 7.02. The van der Waals surface area contributed by atoms with Crippen LogP contribution in [-0.4, -0.2) is 17.2 Å². The van der Waals surface area contributed by atoms with Crippen LogP contribution in [0.1, 0.15) is 12.5 Å². The minimum atomic E-state index is -1.04. The zero-order valence-electron chi connectivity index (χ0n) is 8.04. The second-order valence-corrected chi connectivity index (χ2v) is 3.80. The van der Waals surface area contributed by atoms with Crippen LogP contribution in [0.5, 0.6) is 0 Å². The first kappa shape index (κ1) is 12.1. The topological polar surface area (TPSA) is 46.5 Å². The van der Waals surface area contributed by atoms with Crippen LogP contribution in [0.2, 0.25) is 0 Å². The molecule has 1 N–H and O–H groups in total. The fourth-order valence-corrected chi connectivity index (χ4v) is 1.32. The molecule has 0 amide bonds. The minimum absolute atomic E-state index is 0.0613. The maximum Gasteiger partial charge on any atom is 0.332 e. The number of rotatable bonds is 4. The number of aliphatic carboxylic acids is 1. The Bertz CT molecular complexity index is 368. The number of hydrogen-bond donors (Lipinski definition) is 1. The number of hydrogen-bond acceptors (Lipinski definition) is 2. The molecule has 0 unspecified atom stereocenters. The summed E-state index contributed by atoms with van der Waals surface area (Å²) in [6.07, 6.45) is -0.903. The van der Waals surface area contributed by atoms with Gasteiger partial charge in [0.25, 0.3) is 0 Å². The fourth-order valence-electron chi connectivity index (χ4n) is 0.946. The normalized spacial score (nSPS) is 12.5. The van der Waals surface area contributed by atoms with Gasteiger partial charge in [0.2, 0.25) is 0 Å². The molecule has 0 fully saturated rings. The molecule has 0 aliphatic heterocycles. The van der Waals surface area contributed by atoms with Gasteiger partial charge in [-0.05, 0) is 34.5 Å². The van der Waals surface area contributed by atoms with Crippen molar-refractivity contribution in [2.45, 2.75) is 19.6 Å². The summed E-state index contributed by atoms with van der Waals surface area (Å²) in [5, 5.41) is 8.57. The van der Waals surface area contributed by atoms with Crippen LogP contribution in [0.4, 0.5) is 4.39 Å². The molecule has 0 bridgehead atoms. The van der Waals surface area contributed by atoms with Crippen molar-refractivity contribution in [3.05, 3.63) is 34.1 Å². The lowest BCUT2D eigenvalue weighted by atomic mass is 10.2. The van der Waals surface area contributed by atoms with Crippen LogP contribution in [0.15, 0.2) is 22.7 Å². The maximum absolute atomic E-state index is 13.0. The highest BCUT2D eigenvalue weighted by Gasteiger charge is 2.12. The van der Waals surface area contributed by atoms with Crippen molar-refractivity contribution in [3.63, 3.8) is 0 Å². The van der Waals surface area contributed by atoms with E-state index in [1.807, 2.05) is 0 Å². The smallest absolute Gasteiger partial charge is 0.332 e. The van der Waals surface area contributed by atoms with E-state index in [4.69, 9.17) is 9.84 Å². The van der Waals surface area contributed by atoms with E-state index in [0.717, 1.165) is 0 Å². The van der Waals surface area contributed by atoms with E-state index in [1.165, 1.54) is 13.0 Å². The first-order valence-corrected chi connectivity index (χ1v) is 5.09. The van der Waals surface area contributed by atoms with Crippen LogP contribution in [0.3, 0.4) is 0 Å². The zero-order valence-corrected chi connectivity index (χ0v) is 9.62. The molecule has 1 atom stereocenters. The molecule has 15 heavy (non-hydrogen) atoms. The number of halogens is 2. The van der Waals surface area contributed by atoms with Crippen molar-refractivity contribution in [2.24, 2.45) is 0 Å². The summed E-state index contributed by atoms with van der Waals surface area (Å²) >= 11 is 3.06. The second kappa shape index (κ2) is 5.23. The van der Waals surface area contributed by atoms with Gasteiger partial charge in [-0.25, -0.2) is 9.18 Å². The van der Waals surface area contributed by atoms with Crippen molar-refractivity contribution >= 4 is 21.9 Å². The Kier molecular flexibility index (Phi) is 4.23. The Balaban J connectivity index is 2.66. The van der Waals surface area contributed by atoms with Crippen LogP contribution in [0, 0.1) is 5.82 Å². The van der Waals surface area contributed by atoms with Gasteiger partial charge in [-0.1, -0.05) is 12.1 Å². The summed E-state index contributed by atoms with van der Waals surface area (Å²) in [5.41, 5.74) is 0.586. The molecule has 0 aliphatic carbocycles. The number of carbonyl (C=O) groups is 1. The van der Waals surface area contributed by atoms with Gasteiger partial charge in [-0.2, -0.15) is 0 Å². The fraction of sp³-hybridized carbons (Fsp3) is 0.300.